The summed E-state index contributed by atoms with van der Waals surface area (Å²) < 4.78 is 5.40. The number of ether oxygens (including phenoxy) is 1. The first-order valence-corrected chi connectivity index (χ1v) is 7.01. The summed E-state index contributed by atoms with van der Waals surface area (Å²) in [7, 11) is 1.61. The van der Waals surface area contributed by atoms with E-state index < -0.39 is 0 Å². The van der Waals surface area contributed by atoms with Gasteiger partial charge in [-0.25, -0.2) is 9.97 Å². The maximum absolute atomic E-state index is 9.05. The Morgan fingerprint density at radius 1 is 1.25 bits per heavy atom. The van der Waals surface area contributed by atoms with Crippen LogP contribution in [0.2, 0.25) is 0 Å². The molecule has 114 valence electrons. The minimum atomic E-state index is -0.0122. The van der Waals surface area contributed by atoms with Gasteiger partial charge in [-0.05, 0) is 18.3 Å². The molecule has 1 aromatic heterocycles. The number of anilines is 2. The SMILES string of the molecule is CCCNc1ncnc(NCC(C)(C)CCO)c1OC. The summed E-state index contributed by atoms with van der Waals surface area (Å²) in [5, 5.41) is 15.6. The molecule has 0 aliphatic rings. The van der Waals surface area contributed by atoms with E-state index in [0.29, 0.717) is 23.9 Å². The van der Waals surface area contributed by atoms with Gasteiger partial charge in [-0.2, -0.15) is 0 Å². The Bertz CT molecular complexity index is 410. The second kappa shape index (κ2) is 7.89. The summed E-state index contributed by atoms with van der Waals surface area (Å²) >= 11 is 0. The van der Waals surface area contributed by atoms with Gasteiger partial charge in [0.2, 0.25) is 5.75 Å². The molecule has 6 heteroatoms. The molecule has 1 heterocycles. The molecule has 20 heavy (non-hydrogen) atoms. The quantitative estimate of drug-likeness (QED) is 0.644. The topological polar surface area (TPSA) is 79.3 Å². The van der Waals surface area contributed by atoms with E-state index in [1.807, 2.05) is 0 Å². The lowest BCUT2D eigenvalue weighted by Gasteiger charge is -2.24. The van der Waals surface area contributed by atoms with E-state index in [1.165, 1.54) is 6.33 Å². The van der Waals surface area contributed by atoms with Crippen LogP contribution in [0.3, 0.4) is 0 Å². The van der Waals surface area contributed by atoms with E-state index in [-0.39, 0.29) is 12.0 Å². The molecule has 0 amide bonds. The van der Waals surface area contributed by atoms with Crippen molar-refractivity contribution in [3.05, 3.63) is 6.33 Å². The number of hydrogen-bond donors (Lipinski definition) is 3. The highest BCUT2D eigenvalue weighted by atomic mass is 16.5. The molecule has 1 aromatic rings. The smallest absolute Gasteiger partial charge is 0.204 e. The molecule has 0 atom stereocenters. The van der Waals surface area contributed by atoms with E-state index in [4.69, 9.17) is 9.84 Å². The third kappa shape index (κ3) is 4.85. The van der Waals surface area contributed by atoms with Gasteiger partial charge in [0.25, 0.3) is 0 Å². The number of nitrogens with zero attached hydrogens (tertiary/aromatic N) is 2. The van der Waals surface area contributed by atoms with Crippen LogP contribution in [0.15, 0.2) is 6.33 Å². The number of hydrogen-bond acceptors (Lipinski definition) is 6. The summed E-state index contributed by atoms with van der Waals surface area (Å²) in [6, 6.07) is 0. The standard InChI is InChI=1S/C14H26N4O2/c1-5-7-15-12-11(20-4)13(18-10-17-12)16-9-14(2,3)6-8-19/h10,19H,5-9H2,1-4H3,(H2,15,16,17,18). The first kappa shape index (κ1) is 16.5. The second-order valence-electron chi connectivity index (χ2n) is 5.52. The molecule has 0 aromatic carbocycles. The number of rotatable bonds is 9. The average molecular weight is 282 g/mol. The van der Waals surface area contributed by atoms with Gasteiger partial charge in [0.15, 0.2) is 11.6 Å². The van der Waals surface area contributed by atoms with Gasteiger partial charge in [-0.3, -0.25) is 0 Å². The Kier molecular flexibility index (Phi) is 6.51. The molecule has 0 saturated carbocycles. The molecule has 3 N–H and O–H groups in total. The predicted molar refractivity (Wildman–Crippen MR) is 81.3 cm³/mol. The minimum Gasteiger partial charge on any atom is -0.490 e. The molecule has 0 spiro atoms. The summed E-state index contributed by atoms with van der Waals surface area (Å²) in [5.41, 5.74) is -0.0122. The van der Waals surface area contributed by atoms with Gasteiger partial charge in [-0.1, -0.05) is 20.8 Å². The Labute approximate surface area is 121 Å². The van der Waals surface area contributed by atoms with Gasteiger partial charge in [0.1, 0.15) is 6.33 Å². The van der Waals surface area contributed by atoms with Crippen LogP contribution in [-0.2, 0) is 0 Å². The van der Waals surface area contributed by atoms with Gasteiger partial charge in [-0.15, -0.1) is 0 Å². The maximum Gasteiger partial charge on any atom is 0.204 e. The van der Waals surface area contributed by atoms with E-state index >= 15 is 0 Å². The zero-order chi connectivity index (χ0) is 15.0. The first-order valence-electron chi connectivity index (χ1n) is 7.01. The summed E-state index contributed by atoms with van der Waals surface area (Å²) in [6.45, 7) is 8.01. The van der Waals surface area contributed by atoms with Gasteiger partial charge in [0, 0.05) is 19.7 Å². The second-order valence-corrected chi connectivity index (χ2v) is 5.52. The van der Waals surface area contributed by atoms with Crippen molar-refractivity contribution >= 4 is 11.6 Å². The molecule has 0 unspecified atom stereocenters. The van der Waals surface area contributed by atoms with E-state index in [9.17, 15) is 0 Å². The number of aromatic nitrogens is 2. The Balaban J connectivity index is 2.79. The van der Waals surface area contributed by atoms with Crippen LogP contribution < -0.4 is 15.4 Å². The summed E-state index contributed by atoms with van der Waals surface area (Å²) in [4.78, 5) is 8.43. The molecule has 0 radical (unpaired) electrons. The lowest BCUT2D eigenvalue weighted by atomic mass is 9.90. The molecule has 0 aliphatic heterocycles. The predicted octanol–water partition coefficient (Wildman–Crippen LogP) is 2.13. The van der Waals surface area contributed by atoms with Crippen LogP contribution >= 0.6 is 0 Å². The number of nitrogens with one attached hydrogen (secondary N) is 2. The van der Waals surface area contributed by atoms with Crippen molar-refractivity contribution in [1.29, 1.82) is 0 Å². The fourth-order valence-electron chi connectivity index (χ4n) is 1.78. The number of aliphatic hydroxyl groups excluding tert-OH is 1. The normalized spacial score (nSPS) is 11.2. The van der Waals surface area contributed by atoms with Crippen LogP contribution in [-0.4, -0.2) is 41.9 Å². The molecule has 1 rings (SSSR count). The fraction of sp³-hybridized carbons (Fsp3) is 0.714. The van der Waals surface area contributed by atoms with Crippen LogP contribution in [0.25, 0.3) is 0 Å². The molecule has 0 fully saturated rings. The Hall–Kier alpha value is -1.56. The molecule has 0 saturated heterocycles. The zero-order valence-corrected chi connectivity index (χ0v) is 12.9. The molecule has 0 aliphatic carbocycles. The van der Waals surface area contributed by atoms with Crippen molar-refractivity contribution in [3.8, 4) is 5.75 Å². The van der Waals surface area contributed by atoms with Gasteiger partial charge >= 0.3 is 0 Å². The maximum atomic E-state index is 9.05. The summed E-state index contributed by atoms with van der Waals surface area (Å²) in [5.74, 6) is 2.00. The minimum absolute atomic E-state index is 0.0122. The summed E-state index contributed by atoms with van der Waals surface area (Å²) in [6.07, 6.45) is 3.26. The Morgan fingerprint density at radius 2 is 1.90 bits per heavy atom. The molecular formula is C14H26N4O2. The number of aliphatic hydroxyl groups is 1. The highest BCUT2D eigenvalue weighted by Gasteiger charge is 2.19. The van der Waals surface area contributed by atoms with E-state index in [1.54, 1.807) is 7.11 Å². The van der Waals surface area contributed by atoms with E-state index in [2.05, 4.69) is 41.4 Å². The van der Waals surface area contributed by atoms with Gasteiger partial charge < -0.3 is 20.5 Å². The number of methoxy groups -OCH3 is 1. The van der Waals surface area contributed by atoms with Gasteiger partial charge in [0.05, 0.1) is 7.11 Å². The average Bonchev–Trinajstić information content (AvgIpc) is 2.42. The first-order chi connectivity index (χ1) is 9.54. The largest absolute Gasteiger partial charge is 0.490 e. The fourth-order valence-corrected chi connectivity index (χ4v) is 1.78. The molecule has 0 bridgehead atoms. The van der Waals surface area contributed by atoms with Crippen LogP contribution in [0.1, 0.15) is 33.6 Å². The van der Waals surface area contributed by atoms with Crippen molar-refractivity contribution in [2.45, 2.75) is 33.6 Å². The highest BCUT2D eigenvalue weighted by Crippen LogP contribution is 2.30. The Morgan fingerprint density at radius 3 is 2.45 bits per heavy atom. The van der Waals surface area contributed by atoms with Crippen molar-refractivity contribution in [3.63, 3.8) is 0 Å². The third-order valence-electron chi connectivity index (χ3n) is 3.07. The van der Waals surface area contributed by atoms with E-state index in [0.717, 1.165) is 19.4 Å². The highest BCUT2D eigenvalue weighted by molar-refractivity contribution is 5.63. The van der Waals surface area contributed by atoms with Crippen molar-refractivity contribution in [2.75, 3.05) is 37.4 Å². The monoisotopic (exact) mass is 282 g/mol. The lowest BCUT2D eigenvalue weighted by Crippen LogP contribution is -2.25. The van der Waals surface area contributed by atoms with Crippen molar-refractivity contribution < 1.29 is 9.84 Å². The van der Waals surface area contributed by atoms with Crippen LogP contribution in [0, 0.1) is 5.41 Å². The lowest BCUT2D eigenvalue weighted by molar-refractivity contribution is 0.220. The third-order valence-corrected chi connectivity index (χ3v) is 3.07. The van der Waals surface area contributed by atoms with Crippen molar-refractivity contribution in [1.82, 2.24) is 9.97 Å². The molecular weight excluding hydrogens is 256 g/mol. The van der Waals surface area contributed by atoms with Crippen LogP contribution in [0.5, 0.6) is 5.75 Å². The zero-order valence-electron chi connectivity index (χ0n) is 12.9. The van der Waals surface area contributed by atoms with Crippen molar-refractivity contribution in [2.24, 2.45) is 5.41 Å². The van der Waals surface area contributed by atoms with Crippen LogP contribution in [0.4, 0.5) is 11.6 Å². The molecule has 6 nitrogen and oxygen atoms in total.